The third-order valence-corrected chi connectivity index (χ3v) is 7.47. The number of ether oxygens (including phenoxy) is 2. The molecular weight excluding hydrogens is 406 g/mol. The Morgan fingerprint density at radius 2 is 1.77 bits per heavy atom. The molecular formula is C22H29NO6S. The van der Waals surface area contributed by atoms with Crippen LogP contribution in [0, 0.1) is 0 Å². The Morgan fingerprint density at radius 1 is 1.07 bits per heavy atom. The fourth-order valence-corrected chi connectivity index (χ4v) is 5.91. The largest absolute Gasteiger partial charge is 0.497 e. The zero-order valence-corrected chi connectivity index (χ0v) is 18.1. The molecule has 0 aromatic heterocycles. The lowest BCUT2D eigenvalue weighted by atomic mass is 9.93. The van der Waals surface area contributed by atoms with Crippen LogP contribution in [-0.4, -0.2) is 62.5 Å². The molecule has 1 aliphatic heterocycles. The van der Waals surface area contributed by atoms with Crippen molar-refractivity contribution in [1.29, 1.82) is 0 Å². The topological polar surface area (TPSA) is 90.0 Å². The second-order valence-corrected chi connectivity index (χ2v) is 10.1. The molecule has 8 heteroatoms. The highest BCUT2D eigenvalue weighted by molar-refractivity contribution is 7.91. The predicted octanol–water partition coefficient (Wildman–Crippen LogP) is 2.60. The summed E-state index contributed by atoms with van der Waals surface area (Å²) in [4.78, 5) is 26.7. The molecule has 0 spiro atoms. The summed E-state index contributed by atoms with van der Waals surface area (Å²) in [6.45, 7) is -0.376. The summed E-state index contributed by atoms with van der Waals surface area (Å²) < 4.78 is 34.1. The van der Waals surface area contributed by atoms with Crippen molar-refractivity contribution in [2.45, 2.75) is 50.6 Å². The number of benzene rings is 1. The maximum atomic E-state index is 12.9. The number of hydrogen-bond acceptors (Lipinski definition) is 6. The molecule has 1 aromatic carbocycles. The van der Waals surface area contributed by atoms with E-state index in [2.05, 4.69) is 0 Å². The predicted molar refractivity (Wildman–Crippen MR) is 114 cm³/mol. The highest BCUT2D eigenvalue weighted by Crippen LogP contribution is 2.28. The van der Waals surface area contributed by atoms with Crippen LogP contribution in [0.25, 0.3) is 6.08 Å². The average Bonchev–Trinajstić information content (AvgIpc) is 3.11. The summed E-state index contributed by atoms with van der Waals surface area (Å²) in [7, 11) is -1.53. The molecule has 0 N–H and O–H groups in total. The molecule has 164 valence electrons. The van der Waals surface area contributed by atoms with Gasteiger partial charge in [0.2, 0.25) is 0 Å². The summed E-state index contributed by atoms with van der Waals surface area (Å²) in [6, 6.07) is 6.88. The van der Waals surface area contributed by atoms with E-state index in [1.54, 1.807) is 42.4 Å². The van der Waals surface area contributed by atoms with Crippen molar-refractivity contribution in [3.63, 3.8) is 0 Å². The fraction of sp³-hybridized carbons (Fsp3) is 0.545. The van der Waals surface area contributed by atoms with Gasteiger partial charge in [0, 0.05) is 18.2 Å². The van der Waals surface area contributed by atoms with Gasteiger partial charge < -0.3 is 14.4 Å². The maximum absolute atomic E-state index is 12.9. The third kappa shape index (κ3) is 6.08. The van der Waals surface area contributed by atoms with E-state index in [0.29, 0.717) is 6.42 Å². The molecule has 1 atom stereocenters. The van der Waals surface area contributed by atoms with E-state index in [0.717, 1.165) is 43.4 Å². The summed E-state index contributed by atoms with van der Waals surface area (Å²) in [6.07, 6.45) is 8.26. The van der Waals surface area contributed by atoms with Gasteiger partial charge in [-0.05, 0) is 43.0 Å². The van der Waals surface area contributed by atoms with Gasteiger partial charge in [-0.15, -0.1) is 0 Å². The van der Waals surface area contributed by atoms with Crippen LogP contribution < -0.4 is 4.74 Å². The lowest BCUT2D eigenvalue weighted by Crippen LogP contribution is -2.50. The van der Waals surface area contributed by atoms with Gasteiger partial charge in [0.05, 0.1) is 18.6 Å². The highest BCUT2D eigenvalue weighted by atomic mass is 32.2. The molecule has 2 fully saturated rings. The van der Waals surface area contributed by atoms with Crippen LogP contribution in [0.2, 0.25) is 0 Å². The van der Waals surface area contributed by atoms with Gasteiger partial charge in [-0.1, -0.05) is 31.4 Å². The van der Waals surface area contributed by atoms with E-state index in [1.165, 1.54) is 6.08 Å². The third-order valence-electron chi connectivity index (χ3n) is 5.72. The normalized spacial score (nSPS) is 21.4. The minimum Gasteiger partial charge on any atom is -0.497 e. The van der Waals surface area contributed by atoms with Gasteiger partial charge in [0.1, 0.15) is 5.75 Å². The Morgan fingerprint density at radius 3 is 2.37 bits per heavy atom. The molecule has 0 unspecified atom stereocenters. The van der Waals surface area contributed by atoms with Crippen molar-refractivity contribution < 1.29 is 27.5 Å². The standard InChI is InChI=1S/C22H29NO6S/c1-28-20-10-7-17(8-11-20)9-12-22(25)29-15-21(24)23(18-5-3-2-4-6-18)19-13-14-30(26,27)16-19/h7-12,18-19H,2-6,13-16H2,1H3/b12-9-/t19-/m0/s1. The van der Waals surface area contributed by atoms with E-state index in [4.69, 9.17) is 9.47 Å². The summed E-state index contributed by atoms with van der Waals surface area (Å²) in [5.74, 6) is -0.0897. The molecule has 0 radical (unpaired) electrons. The molecule has 0 bridgehead atoms. The molecule has 1 saturated heterocycles. The van der Waals surface area contributed by atoms with Gasteiger partial charge in [-0.25, -0.2) is 13.2 Å². The second kappa shape index (κ2) is 10.1. The number of sulfone groups is 1. The number of hydrogen-bond donors (Lipinski definition) is 0. The Bertz CT molecular complexity index is 871. The first-order valence-corrected chi connectivity index (χ1v) is 12.2. The van der Waals surface area contributed by atoms with Gasteiger partial charge in [-0.3, -0.25) is 4.79 Å². The van der Waals surface area contributed by atoms with Crippen LogP contribution in [0.3, 0.4) is 0 Å². The average molecular weight is 436 g/mol. The molecule has 3 rings (SSSR count). The lowest BCUT2D eigenvalue weighted by Gasteiger charge is -2.38. The van der Waals surface area contributed by atoms with E-state index in [1.807, 2.05) is 0 Å². The van der Waals surface area contributed by atoms with Gasteiger partial charge in [0.25, 0.3) is 5.91 Å². The fourth-order valence-electron chi connectivity index (χ4n) is 4.19. The van der Waals surface area contributed by atoms with E-state index in [-0.39, 0.29) is 36.1 Å². The van der Waals surface area contributed by atoms with E-state index in [9.17, 15) is 18.0 Å². The van der Waals surface area contributed by atoms with Crippen LogP contribution in [0.15, 0.2) is 30.3 Å². The Hall–Kier alpha value is -2.35. The van der Waals surface area contributed by atoms with Gasteiger partial charge in [-0.2, -0.15) is 0 Å². The Labute approximate surface area is 178 Å². The number of methoxy groups -OCH3 is 1. The van der Waals surface area contributed by atoms with Crippen molar-refractivity contribution >= 4 is 27.8 Å². The molecule has 1 amide bonds. The summed E-state index contributed by atoms with van der Waals surface area (Å²) in [5, 5.41) is 0. The first kappa shape index (κ1) is 22.3. The molecule has 30 heavy (non-hydrogen) atoms. The number of amides is 1. The van der Waals surface area contributed by atoms with Crippen LogP contribution in [-0.2, 0) is 24.2 Å². The number of carbonyl (C=O) groups excluding carboxylic acids is 2. The molecule has 1 heterocycles. The Kier molecular flexibility index (Phi) is 7.53. The zero-order valence-electron chi connectivity index (χ0n) is 17.3. The number of rotatable bonds is 7. The molecule has 1 aliphatic carbocycles. The van der Waals surface area contributed by atoms with Crippen molar-refractivity contribution in [3.05, 3.63) is 35.9 Å². The van der Waals surface area contributed by atoms with Crippen molar-refractivity contribution in [2.24, 2.45) is 0 Å². The van der Waals surface area contributed by atoms with Crippen LogP contribution in [0.4, 0.5) is 0 Å². The zero-order chi connectivity index (χ0) is 21.6. The van der Waals surface area contributed by atoms with Crippen LogP contribution >= 0.6 is 0 Å². The molecule has 7 nitrogen and oxygen atoms in total. The van der Waals surface area contributed by atoms with Gasteiger partial charge >= 0.3 is 5.97 Å². The minimum atomic E-state index is -3.11. The molecule has 1 aromatic rings. The number of carbonyl (C=O) groups is 2. The second-order valence-electron chi connectivity index (χ2n) is 7.86. The lowest BCUT2D eigenvalue weighted by molar-refractivity contribution is -0.151. The first-order chi connectivity index (χ1) is 14.4. The summed E-state index contributed by atoms with van der Waals surface area (Å²) >= 11 is 0. The Balaban J connectivity index is 1.59. The number of esters is 1. The van der Waals surface area contributed by atoms with Crippen molar-refractivity contribution in [1.82, 2.24) is 4.90 Å². The van der Waals surface area contributed by atoms with E-state index >= 15 is 0 Å². The molecule has 1 saturated carbocycles. The van der Waals surface area contributed by atoms with Crippen LogP contribution in [0.5, 0.6) is 5.75 Å². The van der Waals surface area contributed by atoms with Gasteiger partial charge in [0.15, 0.2) is 16.4 Å². The first-order valence-electron chi connectivity index (χ1n) is 10.4. The molecule has 2 aliphatic rings. The minimum absolute atomic E-state index is 0.000554. The monoisotopic (exact) mass is 435 g/mol. The smallest absolute Gasteiger partial charge is 0.331 e. The highest BCUT2D eigenvalue weighted by Gasteiger charge is 2.38. The van der Waals surface area contributed by atoms with E-state index < -0.39 is 15.8 Å². The van der Waals surface area contributed by atoms with Crippen LogP contribution in [0.1, 0.15) is 44.1 Å². The quantitative estimate of drug-likeness (QED) is 0.483. The number of nitrogens with zero attached hydrogens (tertiary/aromatic N) is 1. The van der Waals surface area contributed by atoms with Crippen molar-refractivity contribution in [2.75, 3.05) is 25.2 Å². The van der Waals surface area contributed by atoms with Crippen molar-refractivity contribution in [3.8, 4) is 5.75 Å². The summed E-state index contributed by atoms with van der Waals surface area (Å²) in [5.41, 5.74) is 0.805. The SMILES string of the molecule is COc1ccc(/C=C\C(=O)OCC(=O)N(C2CCCCC2)[C@H]2CCS(=O)(=O)C2)cc1. The maximum Gasteiger partial charge on any atom is 0.331 e.